The fourth-order valence-electron chi connectivity index (χ4n) is 3.04. The highest BCUT2D eigenvalue weighted by molar-refractivity contribution is 7.89. The Morgan fingerprint density at radius 1 is 1.33 bits per heavy atom. The van der Waals surface area contributed by atoms with Crippen molar-refractivity contribution in [3.8, 4) is 0 Å². The highest BCUT2D eigenvalue weighted by atomic mass is 32.2. The summed E-state index contributed by atoms with van der Waals surface area (Å²) < 4.78 is 30.9. The van der Waals surface area contributed by atoms with Crippen molar-refractivity contribution < 1.29 is 17.9 Å². The number of carbonyl (C=O) groups excluding carboxylic acids is 1. The molecular weight excluding hydrogens is 294 g/mol. The van der Waals surface area contributed by atoms with Crippen molar-refractivity contribution in [1.29, 1.82) is 0 Å². The van der Waals surface area contributed by atoms with Crippen molar-refractivity contribution in [1.82, 2.24) is 14.9 Å². The van der Waals surface area contributed by atoms with Gasteiger partial charge < -0.3 is 15.0 Å². The van der Waals surface area contributed by atoms with Gasteiger partial charge in [-0.25, -0.2) is 13.1 Å². The lowest BCUT2D eigenvalue weighted by molar-refractivity contribution is -0.132. The van der Waals surface area contributed by atoms with E-state index in [4.69, 9.17) is 4.74 Å². The first-order valence-corrected chi connectivity index (χ1v) is 9.25. The maximum atomic E-state index is 12.3. The van der Waals surface area contributed by atoms with Crippen LogP contribution in [0.3, 0.4) is 0 Å². The molecule has 21 heavy (non-hydrogen) atoms. The predicted octanol–water partition coefficient (Wildman–Crippen LogP) is -0.705. The third kappa shape index (κ3) is 4.64. The molecule has 2 atom stereocenters. The Morgan fingerprint density at radius 3 is 2.86 bits per heavy atom. The molecule has 2 bridgehead atoms. The minimum Gasteiger partial charge on any atom is -0.381 e. The van der Waals surface area contributed by atoms with Gasteiger partial charge in [0.1, 0.15) is 0 Å². The molecule has 122 valence electrons. The first-order chi connectivity index (χ1) is 10.0. The monoisotopic (exact) mass is 319 g/mol. The number of nitrogens with zero attached hydrogens (tertiary/aromatic N) is 1. The van der Waals surface area contributed by atoms with Gasteiger partial charge in [-0.2, -0.15) is 0 Å². The number of sulfonamides is 1. The predicted molar refractivity (Wildman–Crippen MR) is 79.4 cm³/mol. The molecular formula is C13H25N3O4S. The van der Waals surface area contributed by atoms with E-state index in [9.17, 15) is 13.2 Å². The molecule has 0 aliphatic carbocycles. The first-order valence-electron chi connectivity index (χ1n) is 7.60. The summed E-state index contributed by atoms with van der Waals surface area (Å²) in [7, 11) is -3.45. The van der Waals surface area contributed by atoms with Crippen molar-refractivity contribution in [2.75, 3.05) is 38.6 Å². The van der Waals surface area contributed by atoms with Crippen LogP contribution in [0, 0.1) is 0 Å². The Hall–Kier alpha value is -0.700. The summed E-state index contributed by atoms with van der Waals surface area (Å²) in [6.07, 6.45) is 2.97. The number of rotatable bonds is 7. The first kappa shape index (κ1) is 16.7. The van der Waals surface area contributed by atoms with Crippen molar-refractivity contribution in [2.24, 2.45) is 0 Å². The van der Waals surface area contributed by atoms with Crippen LogP contribution in [0.15, 0.2) is 0 Å². The number of amides is 1. The molecule has 2 N–H and O–H groups in total. The Balaban J connectivity index is 1.84. The van der Waals surface area contributed by atoms with E-state index in [0.29, 0.717) is 6.61 Å². The van der Waals surface area contributed by atoms with Crippen LogP contribution in [-0.4, -0.2) is 69.9 Å². The molecule has 2 aliphatic heterocycles. The molecule has 2 unspecified atom stereocenters. The lowest BCUT2D eigenvalue weighted by Crippen LogP contribution is -2.47. The zero-order chi connectivity index (χ0) is 15.3. The topological polar surface area (TPSA) is 87.7 Å². The third-order valence-electron chi connectivity index (χ3n) is 4.09. The normalized spacial score (nSPS) is 25.9. The second kappa shape index (κ2) is 7.53. The van der Waals surface area contributed by atoms with E-state index in [2.05, 4.69) is 10.0 Å². The summed E-state index contributed by atoms with van der Waals surface area (Å²) in [5.41, 5.74) is 0. The Kier molecular flexibility index (Phi) is 5.98. The molecule has 7 nitrogen and oxygen atoms in total. The van der Waals surface area contributed by atoms with E-state index in [1.54, 1.807) is 0 Å². The van der Waals surface area contributed by atoms with Gasteiger partial charge in [0.2, 0.25) is 15.9 Å². The quantitative estimate of drug-likeness (QED) is 0.606. The number of ether oxygens (including phenoxy) is 1. The van der Waals surface area contributed by atoms with Crippen molar-refractivity contribution >= 4 is 15.9 Å². The minimum atomic E-state index is -3.45. The molecule has 0 radical (unpaired) electrons. The Bertz CT molecular complexity index is 440. The number of fused-ring (bicyclic) bond motifs is 2. The summed E-state index contributed by atoms with van der Waals surface area (Å²) in [6, 6.07) is 0.461. The molecule has 2 saturated heterocycles. The molecule has 2 fully saturated rings. The summed E-state index contributed by atoms with van der Waals surface area (Å²) in [4.78, 5) is 14.2. The van der Waals surface area contributed by atoms with Crippen LogP contribution in [0.5, 0.6) is 0 Å². The molecule has 0 aromatic carbocycles. The molecule has 0 spiro atoms. The lowest BCUT2D eigenvalue weighted by Gasteiger charge is -2.28. The van der Waals surface area contributed by atoms with Gasteiger partial charge in [-0.15, -0.1) is 0 Å². The minimum absolute atomic E-state index is 0.109. The van der Waals surface area contributed by atoms with Crippen molar-refractivity contribution in [3.63, 3.8) is 0 Å². The van der Waals surface area contributed by atoms with Gasteiger partial charge in [0.25, 0.3) is 0 Å². The highest BCUT2D eigenvalue weighted by Gasteiger charge is 2.37. The van der Waals surface area contributed by atoms with Gasteiger partial charge >= 0.3 is 0 Å². The van der Waals surface area contributed by atoms with Crippen molar-refractivity contribution in [2.45, 2.75) is 38.3 Å². The largest absolute Gasteiger partial charge is 0.381 e. The van der Waals surface area contributed by atoms with Crippen LogP contribution >= 0.6 is 0 Å². The molecule has 0 aromatic rings. The Labute approximate surface area is 126 Å². The van der Waals surface area contributed by atoms with E-state index in [-0.39, 0.29) is 36.9 Å². The average Bonchev–Trinajstić information content (AvgIpc) is 2.70. The van der Waals surface area contributed by atoms with Crippen molar-refractivity contribution in [3.05, 3.63) is 0 Å². The molecule has 1 amide bonds. The molecule has 2 heterocycles. The fourth-order valence-corrected chi connectivity index (χ4v) is 3.86. The number of carbonyl (C=O) groups is 1. The second-order valence-electron chi connectivity index (χ2n) is 5.52. The van der Waals surface area contributed by atoms with Crippen LogP contribution in [0.2, 0.25) is 0 Å². The molecule has 2 rings (SSSR count). The van der Waals surface area contributed by atoms with Gasteiger partial charge in [0.05, 0.1) is 18.9 Å². The lowest BCUT2D eigenvalue weighted by atomic mass is 10.1. The second-order valence-corrected chi connectivity index (χ2v) is 7.44. The molecule has 0 saturated carbocycles. The van der Waals surface area contributed by atoms with E-state index in [0.717, 1.165) is 32.4 Å². The SMILES string of the molecule is CCOCCS(=O)(=O)NCC(=O)N1C2CCNCC1CC2. The van der Waals surface area contributed by atoms with Crippen LogP contribution in [0.1, 0.15) is 26.2 Å². The average molecular weight is 319 g/mol. The fraction of sp³-hybridized carbons (Fsp3) is 0.923. The zero-order valence-corrected chi connectivity index (χ0v) is 13.3. The van der Waals surface area contributed by atoms with E-state index < -0.39 is 10.0 Å². The summed E-state index contributed by atoms with van der Waals surface area (Å²) in [5.74, 6) is -0.228. The molecule has 2 aliphatic rings. The zero-order valence-electron chi connectivity index (χ0n) is 12.5. The van der Waals surface area contributed by atoms with Crippen LogP contribution in [0.4, 0.5) is 0 Å². The molecule has 0 aromatic heterocycles. The van der Waals surface area contributed by atoms with Crippen LogP contribution < -0.4 is 10.0 Å². The van der Waals surface area contributed by atoms with E-state index >= 15 is 0 Å². The number of hydrogen-bond donors (Lipinski definition) is 2. The summed E-state index contributed by atoms with van der Waals surface area (Å²) in [5, 5.41) is 3.32. The van der Waals surface area contributed by atoms with E-state index in [1.807, 2.05) is 11.8 Å². The van der Waals surface area contributed by atoms with Gasteiger partial charge in [-0.05, 0) is 32.7 Å². The van der Waals surface area contributed by atoms with Crippen LogP contribution in [-0.2, 0) is 19.6 Å². The summed E-state index contributed by atoms with van der Waals surface area (Å²) in [6.45, 7) is 4.02. The van der Waals surface area contributed by atoms with Crippen LogP contribution in [0.25, 0.3) is 0 Å². The molecule has 8 heteroatoms. The summed E-state index contributed by atoms with van der Waals surface area (Å²) >= 11 is 0. The Morgan fingerprint density at radius 2 is 2.10 bits per heavy atom. The maximum absolute atomic E-state index is 12.3. The van der Waals surface area contributed by atoms with Gasteiger partial charge in [0, 0.05) is 25.2 Å². The number of hydrogen-bond acceptors (Lipinski definition) is 5. The smallest absolute Gasteiger partial charge is 0.238 e. The van der Waals surface area contributed by atoms with Gasteiger partial charge in [-0.1, -0.05) is 0 Å². The maximum Gasteiger partial charge on any atom is 0.238 e. The highest BCUT2D eigenvalue weighted by Crippen LogP contribution is 2.27. The van der Waals surface area contributed by atoms with Gasteiger partial charge in [-0.3, -0.25) is 4.79 Å². The number of nitrogens with one attached hydrogen (secondary N) is 2. The standard InChI is InChI=1S/C13H25N3O4S/c1-2-20-7-8-21(18,19)15-10-13(17)16-11-3-4-12(16)9-14-6-5-11/h11-12,14-15H,2-10H2,1H3. The van der Waals surface area contributed by atoms with E-state index in [1.165, 1.54) is 0 Å². The third-order valence-corrected chi connectivity index (χ3v) is 5.37. The van der Waals surface area contributed by atoms with Gasteiger partial charge in [0.15, 0.2) is 0 Å².